The van der Waals surface area contributed by atoms with Gasteiger partial charge in [-0.05, 0) is 77.0 Å². The van der Waals surface area contributed by atoms with Crippen molar-refractivity contribution in [3.63, 3.8) is 0 Å². The highest BCUT2D eigenvalue weighted by atomic mass is 16.7. The Morgan fingerprint density at radius 3 is 1.39 bits per heavy atom. The van der Waals surface area contributed by atoms with Crippen LogP contribution in [0.15, 0.2) is 48.6 Å². The Kier molecular flexibility index (Phi) is 38.0. The van der Waals surface area contributed by atoms with E-state index in [1.165, 1.54) is 89.9 Å². The largest absolute Gasteiger partial charge is 0.462 e. The van der Waals surface area contributed by atoms with E-state index in [4.69, 9.17) is 28.4 Å². The van der Waals surface area contributed by atoms with Crippen LogP contribution in [-0.4, -0.2) is 142 Å². The first-order chi connectivity index (χ1) is 34.0. The van der Waals surface area contributed by atoms with Gasteiger partial charge in [-0.25, -0.2) is 0 Å². The van der Waals surface area contributed by atoms with Crippen molar-refractivity contribution < 1.29 is 73.8 Å². The quantitative estimate of drug-likeness (QED) is 0.0173. The molecule has 0 aliphatic carbocycles. The van der Waals surface area contributed by atoms with Crippen LogP contribution in [0.3, 0.4) is 0 Å². The molecule has 2 aliphatic rings. The summed E-state index contributed by atoms with van der Waals surface area (Å²) in [4.78, 5) is 25.8. The molecule has 4 unspecified atom stereocenters. The van der Waals surface area contributed by atoms with Gasteiger partial charge in [0.2, 0.25) is 0 Å². The number of hydrogen-bond acceptors (Lipinski definition) is 15. The van der Waals surface area contributed by atoms with E-state index >= 15 is 0 Å². The van der Waals surface area contributed by atoms with E-state index in [0.29, 0.717) is 12.8 Å². The molecule has 0 aromatic carbocycles. The molecule has 0 spiro atoms. The Morgan fingerprint density at radius 2 is 0.857 bits per heavy atom. The maximum absolute atomic E-state index is 13.0. The van der Waals surface area contributed by atoms with Gasteiger partial charge >= 0.3 is 11.9 Å². The van der Waals surface area contributed by atoms with Gasteiger partial charge in [0.1, 0.15) is 55.4 Å². The molecule has 0 aromatic heterocycles. The molecule has 7 N–H and O–H groups in total. The fraction of sp³-hybridized carbons (Fsp3) is 0.818. The van der Waals surface area contributed by atoms with E-state index in [1.807, 2.05) is 0 Å². The molecule has 0 amide bonds. The predicted molar refractivity (Wildman–Crippen MR) is 270 cm³/mol. The molecule has 2 rings (SSSR count). The monoisotopic (exact) mass is 997 g/mol. The third-order valence-electron chi connectivity index (χ3n) is 12.8. The lowest BCUT2D eigenvalue weighted by Crippen LogP contribution is -2.61. The molecule has 70 heavy (non-hydrogen) atoms. The number of hydrogen-bond donors (Lipinski definition) is 7. The van der Waals surface area contributed by atoms with Gasteiger partial charge in [-0.2, -0.15) is 0 Å². The van der Waals surface area contributed by atoms with Crippen LogP contribution in [0.5, 0.6) is 0 Å². The zero-order valence-corrected chi connectivity index (χ0v) is 43.0. The summed E-state index contributed by atoms with van der Waals surface area (Å²) < 4.78 is 33.6. The number of esters is 2. The highest BCUT2D eigenvalue weighted by Crippen LogP contribution is 2.26. The topological polar surface area (TPSA) is 231 Å². The van der Waals surface area contributed by atoms with Gasteiger partial charge < -0.3 is 64.2 Å². The van der Waals surface area contributed by atoms with Crippen LogP contribution in [0.1, 0.15) is 194 Å². The molecule has 0 aromatic rings. The molecule has 406 valence electrons. The average molecular weight is 997 g/mol. The molecule has 15 nitrogen and oxygen atoms in total. The number of ether oxygens (including phenoxy) is 6. The van der Waals surface area contributed by atoms with E-state index in [9.17, 15) is 45.3 Å². The summed E-state index contributed by atoms with van der Waals surface area (Å²) in [5.41, 5.74) is 0. The normalized spacial score (nSPS) is 25.7. The van der Waals surface area contributed by atoms with Gasteiger partial charge in [0.05, 0.1) is 19.8 Å². The second-order valence-corrected chi connectivity index (χ2v) is 19.0. The van der Waals surface area contributed by atoms with Crippen molar-refractivity contribution in [2.75, 3.05) is 26.4 Å². The summed E-state index contributed by atoms with van der Waals surface area (Å²) in [7, 11) is 0. The van der Waals surface area contributed by atoms with Crippen molar-refractivity contribution in [2.45, 2.75) is 261 Å². The summed E-state index contributed by atoms with van der Waals surface area (Å²) in [6.45, 7) is 2.53. The van der Waals surface area contributed by atoms with E-state index < -0.39 is 99.3 Å². The maximum Gasteiger partial charge on any atom is 0.306 e. The van der Waals surface area contributed by atoms with Gasteiger partial charge in [0, 0.05) is 12.8 Å². The molecule has 2 fully saturated rings. The molecule has 15 heteroatoms. The Balaban J connectivity index is 1.80. The second kappa shape index (κ2) is 41.9. The summed E-state index contributed by atoms with van der Waals surface area (Å²) in [6.07, 6.45) is 29.8. The van der Waals surface area contributed by atoms with E-state index in [0.717, 1.165) is 64.2 Å². The Morgan fingerprint density at radius 1 is 0.457 bits per heavy atom. The molecule has 2 aliphatic heterocycles. The van der Waals surface area contributed by atoms with Crippen LogP contribution in [0, 0.1) is 0 Å². The highest BCUT2D eigenvalue weighted by Gasteiger charge is 2.47. The van der Waals surface area contributed by atoms with Crippen molar-refractivity contribution in [3.05, 3.63) is 48.6 Å². The molecule has 2 saturated heterocycles. The number of unbranched alkanes of at least 4 members (excludes halogenated alkanes) is 20. The Labute approximate surface area is 420 Å². The average Bonchev–Trinajstić information content (AvgIpc) is 3.35. The lowest BCUT2D eigenvalue weighted by molar-refractivity contribution is -0.332. The highest BCUT2D eigenvalue weighted by molar-refractivity contribution is 5.70. The van der Waals surface area contributed by atoms with Crippen LogP contribution in [0.2, 0.25) is 0 Å². The van der Waals surface area contributed by atoms with Gasteiger partial charge in [-0.15, -0.1) is 0 Å². The molecule has 0 saturated carbocycles. The number of carbonyl (C=O) groups is 2. The fourth-order valence-corrected chi connectivity index (χ4v) is 8.28. The van der Waals surface area contributed by atoms with Crippen LogP contribution in [0.25, 0.3) is 0 Å². The Bertz CT molecular complexity index is 1400. The molecular weight excluding hydrogens is 901 g/mol. The van der Waals surface area contributed by atoms with Crippen molar-refractivity contribution in [1.29, 1.82) is 0 Å². The summed E-state index contributed by atoms with van der Waals surface area (Å²) >= 11 is 0. The van der Waals surface area contributed by atoms with Crippen molar-refractivity contribution in [2.24, 2.45) is 0 Å². The van der Waals surface area contributed by atoms with Crippen molar-refractivity contribution in [3.8, 4) is 0 Å². The van der Waals surface area contributed by atoms with E-state index in [2.05, 4.69) is 62.5 Å². The SMILES string of the molecule is CCCCC/C=C/C/C=C/C/C=C/CCCCCCC(=O)O[C@@H](COC(=O)CCCCCCCCCCC/C=C/CCCCCC)CO[C@@H]1O[C@H](CO[C@@H]2O[C@H](CO)[C@H](O)C(O)C2O)[C@H](O)C(O)C1O. The zero-order chi connectivity index (χ0) is 51.0. The molecule has 11 atom stereocenters. The first-order valence-corrected chi connectivity index (χ1v) is 27.2. The number of aliphatic hydroxyl groups excluding tert-OH is 7. The Hall–Kier alpha value is -2.54. The lowest BCUT2D eigenvalue weighted by atomic mass is 9.98. The second-order valence-electron chi connectivity index (χ2n) is 19.0. The minimum atomic E-state index is -1.77. The fourth-order valence-electron chi connectivity index (χ4n) is 8.28. The molecular formula is C55H96O15. The predicted octanol–water partition coefficient (Wildman–Crippen LogP) is 8.27. The van der Waals surface area contributed by atoms with E-state index in [1.54, 1.807) is 0 Å². The van der Waals surface area contributed by atoms with Gasteiger partial charge in [0.15, 0.2) is 18.7 Å². The van der Waals surface area contributed by atoms with Gasteiger partial charge in [-0.1, -0.05) is 152 Å². The van der Waals surface area contributed by atoms with Gasteiger partial charge in [0.25, 0.3) is 0 Å². The minimum Gasteiger partial charge on any atom is -0.462 e. The first kappa shape index (κ1) is 63.6. The molecule has 0 radical (unpaired) electrons. The number of rotatable bonds is 42. The molecule has 0 bridgehead atoms. The smallest absolute Gasteiger partial charge is 0.306 e. The van der Waals surface area contributed by atoms with E-state index in [-0.39, 0.29) is 19.4 Å². The van der Waals surface area contributed by atoms with Crippen molar-refractivity contribution >= 4 is 11.9 Å². The minimum absolute atomic E-state index is 0.138. The first-order valence-electron chi connectivity index (χ1n) is 27.2. The number of aliphatic hydroxyl groups is 7. The maximum atomic E-state index is 13.0. The standard InChI is InChI=1S/C55H96O15/c1-3-5-7-9-11-13-15-17-19-21-23-25-27-29-31-33-35-37-46(57)65-40-43(68-47(58)38-36-34-32-30-28-26-24-22-20-18-16-14-12-10-8-6-4-2)41-66-54-53(64)51(62)49(60)45(70-54)42-67-55-52(63)50(61)48(59)44(39-56)69-55/h12-15,18,20,24,26,43-45,48-56,59-64H,3-11,16-17,19,21-23,25,27-42H2,1-2H3/b14-12+,15-13+,20-18+,26-24+/t43-,44+,45+,48-,49-,50?,51?,52?,53?,54+,55+/m0/s1. The van der Waals surface area contributed by atoms with Crippen LogP contribution in [0.4, 0.5) is 0 Å². The van der Waals surface area contributed by atoms with Crippen LogP contribution < -0.4 is 0 Å². The third kappa shape index (κ3) is 29.2. The van der Waals surface area contributed by atoms with Crippen LogP contribution in [-0.2, 0) is 38.0 Å². The lowest BCUT2D eigenvalue weighted by Gasteiger charge is -2.42. The number of carbonyl (C=O) groups excluding carboxylic acids is 2. The van der Waals surface area contributed by atoms with Gasteiger partial charge in [-0.3, -0.25) is 9.59 Å². The van der Waals surface area contributed by atoms with Crippen molar-refractivity contribution in [1.82, 2.24) is 0 Å². The number of allylic oxidation sites excluding steroid dienone is 8. The van der Waals surface area contributed by atoms with Crippen LogP contribution >= 0.6 is 0 Å². The third-order valence-corrected chi connectivity index (χ3v) is 12.8. The summed E-state index contributed by atoms with van der Waals surface area (Å²) in [6, 6.07) is 0. The molecule has 2 heterocycles. The summed E-state index contributed by atoms with van der Waals surface area (Å²) in [5, 5.41) is 72.2. The summed E-state index contributed by atoms with van der Waals surface area (Å²) in [5.74, 6) is -0.951. The zero-order valence-electron chi connectivity index (χ0n) is 43.0.